The van der Waals surface area contributed by atoms with Gasteiger partial charge >= 0.3 is 5.97 Å². The van der Waals surface area contributed by atoms with E-state index in [1.165, 1.54) is 24.3 Å². The third kappa shape index (κ3) is 5.53. The van der Waals surface area contributed by atoms with E-state index in [1.807, 2.05) is 0 Å². The van der Waals surface area contributed by atoms with Gasteiger partial charge in [-0.15, -0.1) is 0 Å². The van der Waals surface area contributed by atoms with Crippen LogP contribution in [0, 0.1) is 0 Å². The smallest absolute Gasteiger partial charge is 0.305 e. The lowest BCUT2D eigenvalue weighted by Crippen LogP contribution is -2.25. The molecule has 0 saturated carbocycles. The van der Waals surface area contributed by atoms with Crippen molar-refractivity contribution in [1.29, 1.82) is 0 Å². The van der Waals surface area contributed by atoms with E-state index in [9.17, 15) is 14.4 Å². The van der Waals surface area contributed by atoms with Crippen molar-refractivity contribution in [2.75, 3.05) is 13.2 Å². The van der Waals surface area contributed by atoms with Crippen LogP contribution in [0.3, 0.4) is 0 Å². The van der Waals surface area contributed by atoms with E-state index in [1.54, 1.807) is 0 Å². The second kappa shape index (κ2) is 7.00. The number of ether oxygens (including phenoxy) is 1. The van der Waals surface area contributed by atoms with E-state index in [0.717, 1.165) is 0 Å². The highest BCUT2D eigenvalue weighted by Crippen LogP contribution is 2.11. The van der Waals surface area contributed by atoms with Gasteiger partial charge in [-0.05, 0) is 24.3 Å². The van der Waals surface area contributed by atoms with Crippen LogP contribution < -0.4 is 15.8 Å². The topological polar surface area (TPSA) is 119 Å². The van der Waals surface area contributed by atoms with Crippen molar-refractivity contribution in [1.82, 2.24) is 5.32 Å². The monoisotopic (exact) mass is 266 g/mol. The molecule has 0 saturated heterocycles. The predicted octanol–water partition coefficient (Wildman–Crippen LogP) is -0.245. The predicted molar refractivity (Wildman–Crippen MR) is 65.7 cm³/mol. The van der Waals surface area contributed by atoms with Crippen molar-refractivity contribution in [2.45, 2.75) is 6.42 Å². The van der Waals surface area contributed by atoms with Crippen LogP contribution in [0.2, 0.25) is 0 Å². The Morgan fingerprint density at radius 1 is 1.21 bits per heavy atom. The standard InChI is InChI=1S/C12H14N2O5/c13-10(15)7-19-9-3-1-8(2-4-9)12(18)14-6-5-11(16)17/h1-4H,5-7H2,(H2,13,15)(H,14,18)(H,16,17). The second-order valence-electron chi connectivity index (χ2n) is 3.68. The van der Waals surface area contributed by atoms with E-state index in [-0.39, 0.29) is 25.5 Å². The number of rotatable bonds is 7. The molecule has 7 nitrogen and oxygen atoms in total. The Balaban J connectivity index is 2.48. The lowest BCUT2D eigenvalue weighted by molar-refractivity contribution is -0.136. The fourth-order valence-corrected chi connectivity index (χ4v) is 1.24. The number of hydrogen-bond acceptors (Lipinski definition) is 4. The number of hydrogen-bond donors (Lipinski definition) is 3. The van der Waals surface area contributed by atoms with Crippen LogP contribution in [-0.2, 0) is 9.59 Å². The zero-order chi connectivity index (χ0) is 14.3. The maximum atomic E-state index is 11.6. The van der Waals surface area contributed by atoms with Crippen molar-refractivity contribution in [2.24, 2.45) is 5.73 Å². The summed E-state index contributed by atoms with van der Waals surface area (Å²) in [6, 6.07) is 6.06. The van der Waals surface area contributed by atoms with Crippen LogP contribution in [0.4, 0.5) is 0 Å². The fourth-order valence-electron chi connectivity index (χ4n) is 1.24. The van der Waals surface area contributed by atoms with Gasteiger partial charge in [0.1, 0.15) is 5.75 Å². The van der Waals surface area contributed by atoms with E-state index < -0.39 is 11.9 Å². The maximum absolute atomic E-state index is 11.6. The van der Waals surface area contributed by atoms with Gasteiger partial charge in [-0.25, -0.2) is 0 Å². The number of amides is 2. The number of carboxylic acids is 1. The average molecular weight is 266 g/mol. The highest BCUT2D eigenvalue weighted by molar-refractivity contribution is 5.94. The van der Waals surface area contributed by atoms with Crippen molar-refractivity contribution < 1.29 is 24.2 Å². The summed E-state index contributed by atoms with van der Waals surface area (Å²) in [5.41, 5.74) is 5.29. The number of nitrogens with one attached hydrogen (secondary N) is 1. The van der Waals surface area contributed by atoms with Crippen molar-refractivity contribution in [3.63, 3.8) is 0 Å². The van der Waals surface area contributed by atoms with Gasteiger partial charge in [-0.3, -0.25) is 14.4 Å². The number of aliphatic carboxylic acids is 1. The summed E-state index contributed by atoms with van der Waals surface area (Å²) in [5.74, 6) is -1.52. The number of carbonyl (C=O) groups excluding carboxylic acids is 2. The first-order valence-electron chi connectivity index (χ1n) is 5.50. The molecule has 0 aromatic heterocycles. The van der Waals surface area contributed by atoms with Crippen LogP contribution in [0.5, 0.6) is 5.75 Å². The van der Waals surface area contributed by atoms with Gasteiger partial charge in [0.2, 0.25) is 0 Å². The molecule has 0 aliphatic rings. The van der Waals surface area contributed by atoms with Crippen LogP contribution in [0.1, 0.15) is 16.8 Å². The first-order chi connectivity index (χ1) is 8.99. The number of carboxylic acid groups (broad SMARTS) is 1. The molecule has 0 spiro atoms. The largest absolute Gasteiger partial charge is 0.484 e. The minimum absolute atomic E-state index is 0.0636. The highest BCUT2D eigenvalue weighted by Gasteiger charge is 2.06. The van der Waals surface area contributed by atoms with E-state index in [2.05, 4.69) is 5.32 Å². The summed E-state index contributed by atoms with van der Waals surface area (Å²) < 4.78 is 5.03. The van der Waals surface area contributed by atoms with E-state index in [4.69, 9.17) is 15.6 Å². The molecule has 0 aliphatic heterocycles. The quantitative estimate of drug-likeness (QED) is 0.629. The summed E-state index contributed by atoms with van der Waals surface area (Å²) >= 11 is 0. The molecular formula is C12H14N2O5. The van der Waals surface area contributed by atoms with Gasteiger partial charge in [0, 0.05) is 12.1 Å². The average Bonchev–Trinajstić information content (AvgIpc) is 2.36. The Hall–Kier alpha value is -2.57. The molecule has 19 heavy (non-hydrogen) atoms. The summed E-state index contributed by atoms with van der Waals surface area (Å²) in [7, 11) is 0. The highest BCUT2D eigenvalue weighted by atomic mass is 16.5. The molecule has 1 rings (SSSR count). The molecular weight excluding hydrogens is 252 g/mol. The Labute approximate surface area is 109 Å². The summed E-state index contributed by atoms with van der Waals surface area (Å²) in [4.78, 5) is 32.4. The molecule has 102 valence electrons. The van der Waals surface area contributed by atoms with Crippen molar-refractivity contribution in [3.8, 4) is 5.75 Å². The normalized spacial score (nSPS) is 9.68. The lowest BCUT2D eigenvalue weighted by atomic mass is 10.2. The molecule has 0 aliphatic carbocycles. The van der Waals surface area contributed by atoms with Crippen LogP contribution in [-0.4, -0.2) is 36.0 Å². The summed E-state index contributed by atoms with van der Waals surface area (Å²) in [6.45, 7) is -0.168. The van der Waals surface area contributed by atoms with Gasteiger partial charge in [0.15, 0.2) is 6.61 Å². The first-order valence-corrected chi connectivity index (χ1v) is 5.50. The molecule has 0 atom stereocenters. The summed E-state index contributed by atoms with van der Waals surface area (Å²) in [5, 5.41) is 10.9. The lowest BCUT2D eigenvalue weighted by Gasteiger charge is -2.06. The molecule has 0 unspecified atom stereocenters. The molecule has 7 heteroatoms. The number of benzene rings is 1. The Bertz CT molecular complexity index is 470. The molecule has 1 aromatic carbocycles. The zero-order valence-electron chi connectivity index (χ0n) is 10.1. The zero-order valence-corrected chi connectivity index (χ0v) is 10.1. The van der Waals surface area contributed by atoms with E-state index in [0.29, 0.717) is 11.3 Å². The first kappa shape index (κ1) is 14.5. The van der Waals surface area contributed by atoms with Gasteiger partial charge in [-0.1, -0.05) is 0 Å². The van der Waals surface area contributed by atoms with Gasteiger partial charge in [0.25, 0.3) is 11.8 Å². The molecule has 0 bridgehead atoms. The van der Waals surface area contributed by atoms with Gasteiger partial charge in [0.05, 0.1) is 6.42 Å². The molecule has 1 aromatic rings. The Morgan fingerprint density at radius 3 is 2.37 bits per heavy atom. The second-order valence-corrected chi connectivity index (χ2v) is 3.68. The fraction of sp³-hybridized carbons (Fsp3) is 0.250. The van der Waals surface area contributed by atoms with Crippen LogP contribution in [0.15, 0.2) is 24.3 Å². The Kier molecular flexibility index (Phi) is 5.34. The van der Waals surface area contributed by atoms with Crippen molar-refractivity contribution in [3.05, 3.63) is 29.8 Å². The minimum Gasteiger partial charge on any atom is -0.484 e. The minimum atomic E-state index is -0.976. The maximum Gasteiger partial charge on any atom is 0.305 e. The third-order valence-electron chi connectivity index (χ3n) is 2.12. The molecule has 2 amide bonds. The van der Waals surface area contributed by atoms with E-state index >= 15 is 0 Å². The van der Waals surface area contributed by atoms with Gasteiger partial charge in [-0.2, -0.15) is 0 Å². The van der Waals surface area contributed by atoms with Crippen LogP contribution in [0.25, 0.3) is 0 Å². The third-order valence-corrected chi connectivity index (χ3v) is 2.12. The Morgan fingerprint density at radius 2 is 1.84 bits per heavy atom. The molecule has 0 radical (unpaired) electrons. The number of carbonyl (C=O) groups is 3. The molecule has 0 fully saturated rings. The molecule has 0 heterocycles. The van der Waals surface area contributed by atoms with Crippen molar-refractivity contribution >= 4 is 17.8 Å². The molecule has 4 N–H and O–H groups in total. The number of nitrogens with two attached hydrogens (primary N) is 1. The van der Waals surface area contributed by atoms with Crippen LogP contribution >= 0.6 is 0 Å². The number of primary amides is 1. The SMILES string of the molecule is NC(=O)COc1ccc(C(=O)NCCC(=O)O)cc1. The van der Waals surface area contributed by atoms with Gasteiger partial charge < -0.3 is 20.9 Å². The summed E-state index contributed by atoms with van der Waals surface area (Å²) in [6.07, 6.45) is -0.133.